The zero-order chi connectivity index (χ0) is 106. The summed E-state index contributed by atoms with van der Waals surface area (Å²) >= 11 is 6.01. The fraction of sp³-hybridized carbons (Fsp3) is 0.135. The molecule has 13 aromatic heterocycles. The number of nitrogens with one attached hydrogen (secondary N) is 5. The number of anilines is 14. The number of fused-ring (bicyclic) bond motifs is 5. The van der Waals surface area contributed by atoms with Crippen LogP contribution in [0.2, 0.25) is 5.02 Å². The summed E-state index contributed by atoms with van der Waals surface area (Å²) in [6.07, 6.45) is -2.06. The molecule has 0 bridgehead atoms. The van der Waals surface area contributed by atoms with Crippen molar-refractivity contribution in [1.29, 1.82) is 0 Å². The van der Waals surface area contributed by atoms with Crippen LogP contribution in [-0.4, -0.2) is 121 Å². The molecule has 2 fully saturated rings. The standard InChI is InChI=1S/C21H16F4N6.C20H14F5N7.C19H14F4N6O.C18H12ClF4N7O.C18H12F3N5/c22-16-17(26)29-20(30-18(16)27-13-9-7-12(8-10-13)21(23,24)25)31-15-4-2-1-3-14(15)28-19(31)11-5-6-11;21-11-7-13-16(27-8-11)30-18(9-1-2-9)32(13)19-29-15(26)14(22)17(31-19)28-12-5-3-10(4-6-12)20(23,24)25;1-9-25-12-4-2-3-5-13(12)29(9)19-27-16(24)15(21)17(28-19)26-10-6-7-14(11(20)8-10)30-18(22)23;1-7-26-15-11(4-8(19)6-25-15)30(7)18-28-14(24)13(21)16(29-18)27-9-2-3-12(10(20)5-9)31-17(22)23;19-18(20,21)12-4-6-13(7-5-12)24-15-8-9-22-17(25-15)14-11-23-16-3-1-2-10-26(14)16/h1-4,7-11H,5-6H2,(H3,26,27,29,30);3-9H,1-2H2,(H3,26,28,29,31);2-8,18H,1H3,(H3,24,26,27,28);2-6,17H,1H3,(H3,24,27,28,29);1-11H,(H,22,24,25). The summed E-state index contributed by atoms with van der Waals surface area (Å²) in [5, 5.41) is 13.8. The second kappa shape index (κ2) is 41.6. The predicted octanol–water partition coefficient (Wildman–Crippen LogP) is 23.1. The average molecular weight is 2100 g/mol. The van der Waals surface area contributed by atoms with E-state index in [2.05, 4.69) is 121 Å². The number of nitrogens with zero attached hydrogens (tertiary/aromatic N) is 22. The molecule has 0 amide bonds. The number of hydrogen-bond acceptors (Lipinski definition) is 28. The van der Waals surface area contributed by atoms with Crippen LogP contribution in [0, 0.1) is 54.6 Å². The third-order valence-electron chi connectivity index (χ3n) is 22.2. The lowest BCUT2D eigenvalue weighted by Gasteiger charge is -2.13. The van der Waals surface area contributed by atoms with E-state index in [4.69, 9.17) is 34.5 Å². The number of benzene rings is 7. The normalized spacial score (nSPS) is 12.6. The van der Waals surface area contributed by atoms with Crippen molar-refractivity contribution in [2.45, 2.75) is 83.1 Å². The second-order valence-corrected chi connectivity index (χ2v) is 33.1. The van der Waals surface area contributed by atoms with Crippen LogP contribution in [-0.2, 0) is 18.5 Å². The molecule has 54 heteroatoms. The van der Waals surface area contributed by atoms with Gasteiger partial charge in [-0.25, -0.2) is 58.0 Å². The number of rotatable bonds is 21. The molecule has 150 heavy (non-hydrogen) atoms. The van der Waals surface area contributed by atoms with Crippen LogP contribution < -0.4 is 59.0 Å². The Hall–Kier alpha value is -18.5. The van der Waals surface area contributed by atoms with Crippen molar-refractivity contribution >= 4 is 142 Å². The number of nitrogen functional groups attached to an aromatic ring is 4. The van der Waals surface area contributed by atoms with E-state index < -0.39 is 118 Å². The fourth-order valence-electron chi connectivity index (χ4n) is 15.0. The quantitative estimate of drug-likeness (QED) is 0.0302. The third kappa shape index (κ3) is 22.6. The number of pyridine rings is 3. The predicted molar refractivity (Wildman–Crippen MR) is 511 cm³/mol. The monoisotopic (exact) mass is 2100 g/mol. The Morgan fingerprint density at radius 1 is 0.367 bits per heavy atom. The molecule has 0 atom stereocenters. The van der Waals surface area contributed by atoms with E-state index in [0.717, 1.165) is 133 Å². The maximum absolute atomic E-state index is 14.6. The molecule has 0 unspecified atom stereocenters. The van der Waals surface area contributed by atoms with Crippen molar-refractivity contribution in [3.05, 3.63) is 311 Å². The Kier molecular flexibility index (Phi) is 28.1. The van der Waals surface area contributed by atoms with Crippen molar-refractivity contribution in [3.8, 4) is 46.8 Å². The third-order valence-corrected chi connectivity index (χ3v) is 22.4. The van der Waals surface area contributed by atoms with Crippen molar-refractivity contribution in [3.63, 3.8) is 0 Å². The Labute approximate surface area is 833 Å². The SMILES string of the molecule is Cc1nc2ccccc2n1-c1nc(N)c(F)c(Nc2ccc(OC(F)F)c(F)c2)n1.Cc1nc2ncc(Cl)cc2n1-c1nc(N)c(F)c(Nc2ccc(OC(F)F)c(F)c2)n1.FC(F)(F)c1ccc(Nc2ccnc(-c3cnc4ccccn34)n2)cc1.Nc1nc(-n2c(C3CC3)nc3ccccc32)nc(Nc2ccc(C(F)(F)F)cc2)c1F.Nc1nc(-n2c(C3CC3)nc3ncc(F)cc32)nc(Nc2ccc(C(F)(F)F)cc2)c1F. The van der Waals surface area contributed by atoms with Gasteiger partial charge in [0.1, 0.15) is 46.3 Å². The van der Waals surface area contributed by atoms with Gasteiger partial charge in [-0.15, -0.1) is 0 Å². The number of imidazole rings is 5. The molecule has 7 aromatic carbocycles. The second-order valence-electron chi connectivity index (χ2n) is 32.6. The fourth-order valence-corrected chi connectivity index (χ4v) is 15.2. The molecule has 0 aliphatic heterocycles. The van der Waals surface area contributed by atoms with E-state index in [1.165, 1.54) is 57.8 Å². The van der Waals surface area contributed by atoms with Crippen LogP contribution in [0.1, 0.15) is 77.5 Å². The number of aryl methyl sites for hydroxylation is 2. The first-order valence-electron chi connectivity index (χ1n) is 44.0. The maximum Gasteiger partial charge on any atom is 0.416 e. The molecule has 2 aliphatic carbocycles. The largest absolute Gasteiger partial charge is 0.432 e. The summed E-state index contributed by atoms with van der Waals surface area (Å²) in [5.74, 6) is -7.22. The maximum atomic E-state index is 14.6. The highest BCUT2D eigenvalue weighted by molar-refractivity contribution is 6.31. The Bertz CT molecular complexity index is 8460. The van der Waals surface area contributed by atoms with Gasteiger partial charge in [0.05, 0.1) is 67.2 Å². The van der Waals surface area contributed by atoms with Crippen LogP contribution in [0.15, 0.2) is 225 Å². The smallest absolute Gasteiger partial charge is 0.416 e. The summed E-state index contributed by atoms with van der Waals surface area (Å²) < 4.78 is 280. The van der Waals surface area contributed by atoms with E-state index in [9.17, 15) is 87.8 Å². The summed E-state index contributed by atoms with van der Waals surface area (Å²) in [6.45, 7) is -2.98. The van der Waals surface area contributed by atoms with E-state index in [1.807, 2.05) is 59.1 Å². The van der Waals surface area contributed by atoms with Crippen LogP contribution in [0.5, 0.6) is 11.5 Å². The van der Waals surface area contributed by atoms with Crippen molar-refractivity contribution in [1.82, 2.24) is 107 Å². The van der Waals surface area contributed by atoms with Crippen molar-refractivity contribution < 1.29 is 97.3 Å². The van der Waals surface area contributed by atoms with Gasteiger partial charge in [0, 0.05) is 77.1 Å². The highest BCUT2D eigenvalue weighted by Crippen LogP contribution is 2.45. The first-order chi connectivity index (χ1) is 71.6. The molecule has 2 aliphatic rings. The van der Waals surface area contributed by atoms with E-state index in [0.29, 0.717) is 67.5 Å². The number of hydrogen-bond donors (Lipinski definition) is 9. The zero-order valence-corrected chi connectivity index (χ0v) is 77.2. The molecule has 33 nitrogen and oxygen atoms in total. The average Bonchev–Trinajstić information content (AvgIpc) is 1.60. The minimum atomic E-state index is -4.50. The Balaban J connectivity index is 0.000000123. The molecular weight excluding hydrogens is 2030 g/mol. The van der Waals surface area contributed by atoms with Crippen LogP contribution in [0.25, 0.3) is 85.4 Å². The van der Waals surface area contributed by atoms with E-state index in [1.54, 1.807) is 65.7 Å². The lowest BCUT2D eigenvalue weighted by Crippen LogP contribution is -2.12. The topological polar surface area (TPSA) is 426 Å². The summed E-state index contributed by atoms with van der Waals surface area (Å²) in [5.41, 5.74) is 27.3. The molecule has 0 spiro atoms. The molecule has 13 N–H and O–H groups in total. The minimum Gasteiger partial charge on any atom is -0.432 e. The van der Waals surface area contributed by atoms with Gasteiger partial charge >= 0.3 is 31.8 Å². The van der Waals surface area contributed by atoms with Gasteiger partial charge in [-0.2, -0.15) is 115 Å². The van der Waals surface area contributed by atoms with Gasteiger partial charge in [0.25, 0.3) is 0 Å². The van der Waals surface area contributed by atoms with Crippen molar-refractivity contribution in [2.75, 3.05) is 49.5 Å². The Morgan fingerprint density at radius 3 is 1.21 bits per heavy atom. The molecule has 22 rings (SSSR count). The van der Waals surface area contributed by atoms with Crippen LogP contribution in [0.3, 0.4) is 0 Å². The number of para-hydroxylation sites is 4. The van der Waals surface area contributed by atoms with Gasteiger partial charge in [-0.05, 0) is 185 Å². The number of alkyl halides is 13. The van der Waals surface area contributed by atoms with E-state index >= 15 is 0 Å². The first kappa shape index (κ1) is 102. The number of nitrogens with two attached hydrogens (primary N) is 4. The van der Waals surface area contributed by atoms with Gasteiger partial charge in [0.2, 0.25) is 47.1 Å². The van der Waals surface area contributed by atoms with Gasteiger partial charge < -0.3 is 59.0 Å². The molecule has 2 saturated carbocycles. The van der Waals surface area contributed by atoms with Gasteiger partial charge in [0.15, 0.2) is 86.8 Å². The molecular formula is C96H68ClF20N31O2. The van der Waals surface area contributed by atoms with Crippen LogP contribution in [0.4, 0.5) is 169 Å². The van der Waals surface area contributed by atoms with Gasteiger partial charge in [-0.1, -0.05) is 41.9 Å². The molecule has 0 radical (unpaired) electrons. The lowest BCUT2D eigenvalue weighted by molar-refractivity contribution is -0.138. The highest BCUT2D eigenvalue weighted by atomic mass is 35.5. The summed E-state index contributed by atoms with van der Waals surface area (Å²) in [7, 11) is 0. The lowest BCUT2D eigenvalue weighted by atomic mass is 10.2. The van der Waals surface area contributed by atoms with Crippen LogP contribution >= 0.6 is 11.6 Å². The molecule has 0 saturated heterocycles. The number of aromatic nitrogens is 22. The van der Waals surface area contributed by atoms with Gasteiger partial charge in [-0.3, -0.25) is 22.7 Å². The number of ether oxygens (including phenoxy) is 2. The molecule has 20 aromatic rings. The summed E-state index contributed by atoms with van der Waals surface area (Å²) in [4.78, 5) is 71.6. The number of halogens is 21. The molecule has 13 heterocycles. The summed E-state index contributed by atoms with van der Waals surface area (Å²) in [6, 6.07) is 43.8. The van der Waals surface area contributed by atoms with Crippen molar-refractivity contribution in [2.24, 2.45) is 0 Å². The highest BCUT2D eigenvalue weighted by Gasteiger charge is 2.37. The van der Waals surface area contributed by atoms with E-state index in [-0.39, 0.29) is 93.1 Å². The molecule has 766 valence electrons. The Morgan fingerprint density at radius 2 is 0.753 bits per heavy atom. The zero-order valence-electron chi connectivity index (χ0n) is 76.4. The first-order valence-corrected chi connectivity index (χ1v) is 44.4. The minimum absolute atomic E-state index is 0.0130.